The second-order valence-corrected chi connectivity index (χ2v) is 7.06. The summed E-state index contributed by atoms with van der Waals surface area (Å²) in [5.41, 5.74) is 0.872. The molecule has 1 saturated carbocycles. The first kappa shape index (κ1) is 17.8. The van der Waals surface area contributed by atoms with Crippen LogP contribution < -0.4 is 10.6 Å². The van der Waals surface area contributed by atoms with Crippen LogP contribution in [0.25, 0.3) is 11.4 Å². The summed E-state index contributed by atoms with van der Waals surface area (Å²) in [6.07, 6.45) is 6.59. The number of carbonyl (C=O) groups excluding carboxylic acids is 1. The lowest BCUT2D eigenvalue weighted by Crippen LogP contribution is -2.38. The molecule has 25 heavy (non-hydrogen) atoms. The van der Waals surface area contributed by atoms with Gasteiger partial charge in [-0.3, -0.25) is 14.9 Å². The number of amides is 1. The Morgan fingerprint density at radius 3 is 2.72 bits per heavy atom. The zero-order valence-electron chi connectivity index (χ0n) is 14.2. The first-order valence-electron chi connectivity index (χ1n) is 8.44. The van der Waals surface area contributed by atoms with Gasteiger partial charge in [0.2, 0.25) is 5.91 Å². The van der Waals surface area contributed by atoms with Gasteiger partial charge in [0.25, 0.3) is 0 Å². The Kier molecular flexibility index (Phi) is 4.79. The Morgan fingerprint density at radius 1 is 1.28 bits per heavy atom. The number of hydrogen-bond acceptors (Lipinski definition) is 5. The van der Waals surface area contributed by atoms with Crippen LogP contribution in [0.3, 0.4) is 0 Å². The third-order valence-electron chi connectivity index (χ3n) is 5.69. The van der Waals surface area contributed by atoms with Gasteiger partial charge >= 0.3 is 0 Å². The molecule has 1 atom stereocenters. The zero-order valence-corrected chi connectivity index (χ0v) is 15.0. The summed E-state index contributed by atoms with van der Waals surface area (Å²) in [5, 5.41) is 13.5. The van der Waals surface area contributed by atoms with Crippen LogP contribution in [0.15, 0.2) is 24.5 Å². The lowest BCUT2D eigenvalue weighted by molar-refractivity contribution is -0.127. The molecule has 2 aromatic heterocycles. The highest BCUT2D eigenvalue weighted by molar-refractivity contribution is 5.86. The SMILES string of the molecule is CC1(C(=O)NCc2nc(-c3ccncc3)n[nH]2)CC12CCNCC2.Cl. The Bertz CT molecular complexity index is 743. The van der Waals surface area contributed by atoms with E-state index in [2.05, 4.69) is 37.7 Å². The maximum absolute atomic E-state index is 12.6. The van der Waals surface area contributed by atoms with Crippen LogP contribution in [-0.4, -0.2) is 39.2 Å². The van der Waals surface area contributed by atoms with Crippen LogP contribution >= 0.6 is 12.4 Å². The summed E-state index contributed by atoms with van der Waals surface area (Å²) in [5.74, 6) is 1.42. The van der Waals surface area contributed by atoms with Crippen molar-refractivity contribution in [2.45, 2.75) is 32.7 Å². The Hall–Kier alpha value is -1.99. The van der Waals surface area contributed by atoms with E-state index in [1.54, 1.807) is 12.4 Å². The second-order valence-electron chi connectivity index (χ2n) is 7.06. The largest absolute Gasteiger partial charge is 0.348 e. The maximum atomic E-state index is 12.6. The number of nitrogens with one attached hydrogen (secondary N) is 3. The van der Waals surface area contributed by atoms with Crippen LogP contribution in [0.4, 0.5) is 0 Å². The van der Waals surface area contributed by atoms with Crippen molar-refractivity contribution in [3.63, 3.8) is 0 Å². The van der Waals surface area contributed by atoms with Gasteiger partial charge in [0, 0.05) is 18.0 Å². The van der Waals surface area contributed by atoms with Gasteiger partial charge in [-0.1, -0.05) is 6.92 Å². The third kappa shape index (κ3) is 3.14. The zero-order chi connectivity index (χ0) is 16.6. The van der Waals surface area contributed by atoms with E-state index in [1.165, 1.54) is 0 Å². The summed E-state index contributed by atoms with van der Waals surface area (Å²) in [6.45, 7) is 4.50. The topological polar surface area (TPSA) is 95.6 Å². The van der Waals surface area contributed by atoms with Gasteiger partial charge in [-0.25, -0.2) is 4.98 Å². The smallest absolute Gasteiger partial charge is 0.226 e. The average Bonchev–Trinajstić information content (AvgIpc) is 2.99. The molecule has 8 heteroatoms. The van der Waals surface area contributed by atoms with Gasteiger partial charge in [0.15, 0.2) is 5.82 Å². The van der Waals surface area contributed by atoms with Gasteiger partial charge in [-0.2, -0.15) is 5.10 Å². The van der Waals surface area contributed by atoms with Crippen molar-refractivity contribution in [2.75, 3.05) is 13.1 Å². The van der Waals surface area contributed by atoms with Crippen LogP contribution in [0.1, 0.15) is 32.0 Å². The van der Waals surface area contributed by atoms with Crippen molar-refractivity contribution in [1.29, 1.82) is 0 Å². The highest BCUT2D eigenvalue weighted by Gasteiger charge is 2.67. The number of hydrogen-bond donors (Lipinski definition) is 3. The quantitative estimate of drug-likeness (QED) is 0.769. The molecular weight excluding hydrogens is 340 g/mol. The fraction of sp³-hybridized carbons (Fsp3) is 0.529. The van der Waals surface area contributed by atoms with Crippen molar-refractivity contribution < 1.29 is 4.79 Å². The van der Waals surface area contributed by atoms with E-state index >= 15 is 0 Å². The van der Waals surface area contributed by atoms with Crippen molar-refractivity contribution in [3.05, 3.63) is 30.4 Å². The lowest BCUT2D eigenvalue weighted by Gasteiger charge is -2.27. The molecule has 7 nitrogen and oxygen atoms in total. The molecule has 0 bridgehead atoms. The molecular formula is C17H23ClN6O. The van der Waals surface area contributed by atoms with Gasteiger partial charge in [-0.05, 0) is 49.9 Å². The van der Waals surface area contributed by atoms with Crippen molar-refractivity contribution >= 4 is 18.3 Å². The highest BCUT2D eigenvalue weighted by Crippen LogP contribution is 2.68. The standard InChI is InChI=1S/C17H22N6O.ClH/c1-16(11-17(16)4-8-19-9-5-17)15(24)20-10-13-21-14(23-22-13)12-2-6-18-7-3-12;/h2-3,6-7,19H,4-5,8-11H2,1H3,(H,20,24)(H,21,22,23);1H. The predicted octanol–water partition coefficient (Wildman–Crippen LogP) is 1.68. The highest BCUT2D eigenvalue weighted by atomic mass is 35.5. The number of carbonyl (C=O) groups is 1. The molecule has 1 amide bonds. The fourth-order valence-corrected chi connectivity index (χ4v) is 3.95. The average molecular weight is 363 g/mol. The van der Waals surface area contributed by atoms with Crippen LogP contribution in [0, 0.1) is 10.8 Å². The minimum atomic E-state index is -0.233. The Balaban J connectivity index is 0.00000182. The number of aromatic amines is 1. The molecule has 3 N–H and O–H groups in total. The molecule has 134 valence electrons. The second kappa shape index (κ2) is 6.72. The molecule has 1 aliphatic carbocycles. The first-order valence-corrected chi connectivity index (χ1v) is 8.44. The minimum Gasteiger partial charge on any atom is -0.348 e. The number of aromatic nitrogens is 4. The predicted molar refractivity (Wildman–Crippen MR) is 96.0 cm³/mol. The molecule has 2 aromatic rings. The summed E-state index contributed by atoms with van der Waals surface area (Å²) < 4.78 is 0. The monoisotopic (exact) mass is 362 g/mol. The molecule has 1 aliphatic heterocycles. The summed E-state index contributed by atoms with van der Waals surface area (Å²) in [7, 11) is 0. The number of H-pyrrole nitrogens is 1. The van der Waals surface area contributed by atoms with Gasteiger partial charge in [-0.15, -0.1) is 12.4 Å². The Morgan fingerprint density at radius 2 is 2.00 bits per heavy atom. The lowest BCUT2D eigenvalue weighted by atomic mass is 9.85. The third-order valence-corrected chi connectivity index (χ3v) is 5.69. The van der Waals surface area contributed by atoms with Crippen LogP contribution in [0.5, 0.6) is 0 Å². The van der Waals surface area contributed by atoms with Crippen molar-refractivity contribution in [2.24, 2.45) is 10.8 Å². The molecule has 2 aliphatic rings. The van der Waals surface area contributed by atoms with Gasteiger partial charge in [0.05, 0.1) is 12.0 Å². The molecule has 0 radical (unpaired) electrons. The Labute approximate surface area is 152 Å². The van der Waals surface area contributed by atoms with Gasteiger partial charge < -0.3 is 10.6 Å². The maximum Gasteiger partial charge on any atom is 0.226 e. The summed E-state index contributed by atoms with van der Waals surface area (Å²) >= 11 is 0. The number of rotatable bonds is 4. The van der Waals surface area contributed by atoms with Crippen LogP contribution in [0.2, 0.25) is 0 Å². The normalized spacial score (nSPS) is 23.7. The van der Waals surface area contributed by atoms with Crippen LogP contribution in [-0.2, 0) is 11.3 Å². The molecule has 1 unspecified atom stereocenters. The van der Waals surface area contributed by atoms with E-state index in [-0.39, 0.29) is 29.1 Å². The van der Waals surface area contributed by atoms with E-state index < -0.39 is 0 Å². The molecule has 3 heterocycles. The summed E-state index contributed by atoms with van der Waals surface area (Å²) in [4.78, 5) is 21.1. The molecule has 1 saturated heterocycles. The molecule has 4 rings (SSSR count). The van der Waals surface area contributed by atoms with E-state index in [4.69, 9.17) is 0 Å². The van der Waals surface area contributed by atoms with E-state index in [1.807, 2.05) is 12.1 Å². The number of piperidine rings is 1. The van der Waals surface area contributed by atoms with E-state index in [0.29, 0.717) is 18.2 Å². The van der Waals surface area contributed by atoms with E-state index in [9.17, 15) is 4.79 Å². The number of halogens is 1. The fourth-order valence-electron chi connectivity index (χ4n) is 3.95. The minimum absolute atomic E-state index is 0. The molecule has 2 fully saturated rings. The molecule has 0 aromatic carbocycles. The number of pyridine rings is 1. The van der Waals surface area contributed by atoms with Crippen molar-refractivity contribution in [1.82, 2.24) is 30.8 Å². The molecule has 1 spiro atoms. The number of nitrogens with zero attached hydrogens (tertiary/aromatic N) is 3. The van der Waals surface area contributed by atoms with Gasteiger partial charge in [0.1, 0.15) is 5.82 Å². The van der Waals surface area contributed by atoms with Crippen molar-refractivity contribution in [3.8, 4) is 11.4 Å². The first-order chi connectivity index (χ1) is 11.6. The summed E-state index contributed by atoms with van der Waals surface area (Å²) in [6, 6.07) is 3.72. The van der Waals surface area contributed by atoms with E-state index in [0.717, 1.165) is 37.9 Å².